The third kappa shape index (κ3) is 4.03. The van der Waals surface area contributed by atoms with Crippen molar-refractivity contribution >= 4 is 28.5 Å². The van der Waals surface area contributed by atoms with E-state index in [4.69, 9.17) is 9.47 Å². The van der Waals surface area contributed by atoms with Crippen LogP contribution >= 0.6 is 0 Å². The van der Waals surface area contributed by atoms with Crippen molar-refractivity contribution in [2.45, 2.75) is 31.2 Å². The third-order valence-corrected chi connectivity index (χ3v) is 7.67. The van der Waals surface area contributed by atoms with Crippen LogP contribution in [0, 0.1) is 0 Å². The van der Waals surface area contributed by atoms with Crippen molar-refractivity contribution in [2.24, 2.45) is 0 Å². The fraction of sp³-hybridized carbons (Fsp3) is 0.407. The van der Waals surface area contributed by atoms with Crippen LogP contribution in [0.25, 0.3) is 10.9 Å². The van der Waals surface area contributed by atoms with Gasteiger partial charge < -0.3 is 34.7 Å². The number of H-pyrrole nitrogens is 1. The maximum Gasteiger partial charge on any atom is 0.321 e. The molecule has 5 rings (SSSR count). The van der Waals surface area contributed by atoms with Crippen LogP contribution in [0.4, 0.5) is 10.5 Å². The van der Waals surface area contributed by atoms with Gasteiger partial charge in [-0.2, -0.15) is 0 Å². The number of rotatable bonds is 4. The highest BCUT2D eigenvalue weighted by atomic mass is 16.5. The van der Waals surface area contributed by atoms with Crippen molar-refractivity contribution in [3.63, 3.8) is 0 Å². The quantitative estimate of drug-likeness (QED) is 0.516. The number of amides is 3. The molecule has 3 N–H and O–H groups in total. The summed E-state index contributed by atoms with van der Waals surface area (Å²) in [7, 11) is 3.24. The molecule has 1 fully saturated rings. The molecular weight excluding hydrogens is 460 g/mol. The molecular formula is C27H32N4O5. The lowest BCUT2D eigenvalue weighted by atomic mass is 9.68. The summed E-state index contributed by atoms with van der Waals surface area (Å²) >= 11 is 0. The topological polar surface area (TPSA) is 107 Å². The van der Waals surface area contributed by atoms with Gasteiger partial charge in [-0.05, 0) is 54.8 Å². The van der Waals surface area contributed by atoms with E-state index in [1.54, 1.807) is 26.0 Å². The normalized spacial score (nSPS) is 18.7. The van der Waals surface area contributed by atoms with Gasteiger partial charge >= 0.3 is 6.03 Å². The van der Waals surface area contributed by atoms with E-state index in [1.807, 2.05) is 47.4 Å². The summed E-state index contributed by atoms with van der Waals surface area (Å²) in [5.41, 5.74) is 3.32. The van der Waals surface area contributed by atoms with Gasteiger partial charge in [0.1, 0.15) is 11.5 Å². The number of hydrogen-bond donors (Lipinski definition) is 3. The first kappa shape index (κ1) is 24.0. The zero-order valence-corrected chi connectivity index (χ0v) is 20.8. The highest BCUT2D eigenvalue weighted by molar-refractivity contribution is 5.90. The molecule has 2 aromatic carbocycles. The molecule has 2 aliphatic rings. The van der Waals surface area contributed by atoms with E-state index in [0.29, 0.717) is 38.2 Å². The van der Waals surface area contributed by atoms with Gasteiger partial charge in [0, 0.05) is 60.3 Å². The average molecular weight is 493 g/mol. The number of urea groups is 1. The molecule has 9 nitrogen and oxygen atoms in total. The number of likely N-dealkylation sites (tertiary alicyclic amines) is 1. The zero-order valence-electron chi connectivity index (χ0n) is 20.8. The fourth-order valence-electron chi connectivity index (χ4n) is 5.76. The predicted molar refractivity (Wildman–Crippen MR) is 137 cm³/mol. The molecule has 3 amide bonds. The fourth-order valence-corrected chi connectivity index (χ4v) is 5.76. The molecule has 190 valence electrons. The summed E-state index contributed by atoms with van der Waals surface area (Å²) in [6.07, 6.45) is 1.41. The first-order valence-corrected chi connectivity index (χ1v) is 12.2. The van der Waals surface area contributed by atoms with E-state index in [0.717, 1.165) is 33.7 Å². The number of aromatic nitrogens is 1. The van der Waals surface area contributed by atoms with Crippen LogP contribution in [0.5, 0.6) is 11.5 Å². The molecule has 0 saturated carbocycles. The van der Waals surface area contributed by atoms with Crippen molar-refractivity contribution in [3.05, 3.63) is 53.7 Å². The molecule has 1 atom stereocenters. The van der Waals surface area contributed by atoms with E-state index in [2.05, 4.69) is 10.3 Å². The van der Waals surface area contributed by atoms with E-state index in [-0.39, 0.29) is 24.0 Å². The summed E-state index contributed by atoms with van der Waals surface area (Å²) in [5, 5.41) is 14.3. The average Bonchev–Trinajstić information content (AvgIpc) is 3.29. The Balaban J connectivity index is 1.44. The summed E-state index contributed by atoms with van der Waals surface area (Å²) in [4.78, 5) is 32.7. The summed E-state index contributed by atoms with van der Waals surface area (Å²) < 4.78 is 10.6. The summed E-state index contributed by atoms with van der Waals surface area (Å²) in [6.45, 7) is 3.00. The molecule has 0 bridgehead atoms. The van der Waals surface area contributed by atoms with Crippen LogP contribution in [-0.2, 0) is 10.2 Å². The molecule has 2 aliphatic heterocycles. The van der Waals surface area contributed by atoms with Gasteiger partial charge in [-0.25, -0.2) is 4.79 Å². The molecule has 0 radical (unpaired) electrons. The minimum atomic E-state index is -0.432. The van der Waals surface area contributed by atoms with E-state index >= 15 is 0 Å². The Hall–Kier alpha value is -3.72. The van der Waals surface area contributed by atoms with Crippen LogP contribution in [0.2, 0.25) is 0 Å². The molecule has 3 heterocycles. The number of benzene rings is 2. The Kier molecular flexibility index (Phi) is 6.26. The SMILES string of the molecule is COc1ccc(NC(=O)N2CCC3(CC2)CN(C(C)=O)[C@@H](CO)c2[nH]c4cc(OC)ccc4c23)cc1. The highest BCUT2D eigenvalue weighted by Crippen LogP contribution is 2.49. The molecule has 36 heavy (non-hydrogen) atoms. The zero-order chi connectivity index (χ0) is 25.4. The maximum absolute atomic E-state index is 13.0. The van der Waals surface area contributed by atoms with Crippen molar-refractivity contribution in [1.29, 1.82) is 0 Å². The number of nitrogens with one attached hydrogen (secondary N) is 2. The van der Waals surface area contributed by atoms with E-state index in [9.17, 15) is 14.7 Å². The number of carbonyl (C=O) groups is 2. The Bertz CT molecular complexity index is 1280. The van der Waals surface area contributed by atoms with Gasteiger partial charge in [-0.15, -0.1) is 0 Å². The Labute approximate surface area is 210 Å². The highest BCUT2D eigenvalue weighted by Gasteiger charge is 2.48. The number of anilines is 1. The number of aromatic amines is 1. The molecule has 9 heteroatoms. The predicted octanol–water partition coefficient (Wildman–Crippen LogP) is 3.65. The molecule has 1 aromatic heterocycles. The molecule has 0 aliphatic carbocycles. The number of fused-ring (bicyclic) bond motifs is 4. The van der Waals surface area contributed by atoms with Gasteiger partial charge in [-0.1, -0.05) is 0 Å². The van der Waals surface area contributed by atoms with Crippen LogP contribution in [-0.4, -0.2) is 72.3 Å². The number of carbonyl (C=O) groups excluding carboxylic acids is 2. The molecule has 0 unspecified atom stereocenters. The second-order valence-electron chi connectivity index (χ2n) is 9.60. The number of aliphatic hydroxyl groups excluding tert-OH is 1. The van der Waals surface area contributed by atoms with Crippen molar-refractivity contribution < 1.29 is 24.2 Å². The van der Waals surface area contributed by atoms with Gasteiger partial charge in [0.2, 0.25) is 5.91 Å². The van der Waals surface area contributed by atoms with Crippen LogP contribution in [0.1, 0.15) is 37.1 Å². The Morgan fingerprint density at radius 2 is 1.75 bits per heavy atom. The second-order valence-corrected chi connectivity index (χ2v) is 9.60. The minimum Gasteiger partial charge on any atom is -0.497 e. The smallest absolute Gasteiger partial charge is 0.321 e. The number of methoxy groups -OCH3 is 2. The number of aliphatic hydroxyl groups is 1. The lowest BCUT2D eigenvalue weighted by molar-refractivity contribution is -0.134. The van der Waals surface area contributed by atoms with Crippen molar-refractivity contribution in [2.75, 3.05) is 45.8 Å². The van der Waals surface area contributed by atoms with Crippen LogP contribution in [0.3, 0.4) is 0 Å². The largest absolute Gasteiger partial charge is 0.497 e. The number of piperidine rings is 1. The van der Waals surface area contributed by atoms with Gasteiger partial charge in [0.05, 0.1) is 26.9 Å². The molecule has 1 saturated heterocycles. The van der Waals surface area contributed by atoms with E-state index < -0.39 is 6.04 Å². The monoisotopic (exact) mass is 492 g/mol. The number of nitrogens with zero attached hydrogens (tertiary/aromatic N) is 2. The van der Waals surface area contributed by atoms with Crippen molar-refractivity contribution in [1.82, 2.24) is 14.8 Å². The van der Waals surface area contributed by atoms with Gasteiger partial charge in [-0.3, -0.25) is 4.79 Å². The molecule has 3 aromatic rings. The number of hydrogen-bond acceptors (Lipinski definition) is 5. The van der Waals surface area contributed by atoms with Crippen LogP contribution < -0.4 is 14.8 Å². The third-order valence-electron chi connectivity index (χ3n) is 7.67. The van der Waals surface area contributed by atoms with Gasteiger partial charge in [0.15, 0.2) is 0 Å². The van der Waals surface area contributed by atoms with Crippen molar-refractivity contribution in [3.8, 4) is 11.5 Å². The minimum absolute atomic E-state index is 0.0741. The summed E-state index contributed by atoms with van der Waals surface area (Å²) in [6, 6.07) is 12.6. The van der Waals surface area contributed by atoms with Gasteiger partial charge in [0.25, 0.3) is 0 Å². The maximum atomic E-state index is 13.0. The standard InChI is InChI=1S/C27H32N4O5/c1-17(33)31-16-27(24-21-9-8-20(36-3)14-22(21)29-25(24)23(31)15-32)10-12-30(13-11-27)26(34)28-18-4-6-19(35-2)7-5-18/h4-9,14,23,29,32H,10-13,15-16H2,1-3H3,(H,28,34)/t23-/m0/s1. The lowest BCUT2D eigenvalue weighted by Gasteiger charge is -2.50. The van der Waals surface area contributed by atoms with E-state index in [1.165, 1.54) is 0 Å². The first-order chi connectivity index (χ1) is 17.4. The first-order valence-electron chi connectivity index (χ1n) is 12.2. The Morgan fingerprint density at radius 1 is 1.08 bits per heavy atom. The second kappa shape index (κ2) is 9.39. The Morgan fingerprint density at radius 3 is 2.36 bits per heavy atom. The lowest BCUT2D eigenvalue weighted by Crippen LogP contribution is -2.55. The number of ether oxygens (including phenoxy) is 2. The molecule has 1 spiro atoms. The van der Waals surface area contributed by atoms with Crippen LogP contribution in [0.15, 0.2) is 42.5 Å². The summed E-state index contributed by atoms with van der Waals surface area (Å²) in [5.74, 6) is 1.40.